The predicted molar refractivity (Wildman–Crippen MR) is 192 cm³/mol. The van der Waals surface area contributed by atoms with Crippen molar-refractivity contribution in [1.29, 1.82) is 0 Å². The van der Waals surface area contributed by atoms with Gasteiger partial charge in [-0.1, -0.05) is 48.5 Å². The molecule has 0 aromatic carbocycles. The quantitative estimate of drug-likeness (QED) is 0.0714. The summed E-state index contributed by atoms with van der Waals surface area (Å²) in [6, 6.07) is 0. The van der Waals surface area contributed by atoms with Crippen LogP contribution >= 0.6 is 72.0 Å². The van der Waals surface area contributed by atoms with E-state index in [0.717, 1.165) is 32.8 Å². The van der Waals surface area contributed by atoms with Crippen LogP contribution in [0.15, 0.2) is 20.1 Å². The number of nitrogens with zero attached hydrogens (tertiary/aromatic N) is 5. The van der Waals surface area contributed by atoms with E-state index in [4.69, 9.17) is 24.4 Å². The van der Waals surface area contributed by atoms with Gasteiger partial charge in [0, 0.05) is 74.9 Å². The number of halogens is 18. The average molecular weight is 1000 g/mol. The summed E-state index contributed by atoms with van der Waals surface area (Å²) >= 11 is 13.9. The van der Waals surface area contributed by atoms with Gasteiger partial charge in [0.2, 0.25) is 0 Å². The van der Waals surface area contributed by atoms with Crippen LogP contribution in [0.5, 0.6) is 0 Å². The van der Waals surface area contributed by atoms with Crippen molar-refractivity contribution >= 4 is 72.0 Å². The first kappa shape index (κ1) is 52.3. The molecule has 3 rings (SSSR count). The zero-order valence-corrected chi connectivity index (χ0v) is 36.3. The van der Waals surface area contributed by atoms with E-state index in [2.05, 4.69) is 0 Å². The second-order valence-electron chi connectivity index (χ2n) is 15.5. The van der Waals surface area contributed by atoms with Gasteiger partial charge in [0.05, 0.1) is 0 Å². The van der Waals surface area contributed by atoms with E-state index in [1.165, 1.54) is 12.3 Å². The lowest BCUT2D eigenvalue weighted by atomic mass is 9.97. The average Bonchev–Trinajstić information content (AvgIpc) is 3.62. The normalized spacial score (nSPS) is 16.1. The van der Waals surface area contributed by atoms with Crippen molar-refractivity contribution in [3.63, 3.8) is 0 Å². The largest absolute Gasteiger partial charge is 0.460 e. The van der Waals surface area contributed by atoms with Gasteiger partial charge < -0.3 is 18.3 Å². The Morgan fingerprint density at radius 2 is 0.847 bits per heavy atom. The van der Waals surface area contributed by atoms with Crippen molar-refractivity contribution in [1.82, 2.24) is 21.4 Å². The molecule has 342 valence electrons. The lowest BCUT2D eigenvalue weighted by molar-refractivity contribution is -0.397. The summed E-state index contributed by atoms with van der Waals surface area (Å²) in [6.07, 6.45) is -18.7. The van der Waals surface area contributed by atoms with E-state index in [1.54, 1.807) is 48.5 Å². The molecule has 0 spiro atoms. The Balaban J connectivity index is 2.14. The maximum absolute atomic E-state index is 14.8. The Bertz CT molecular complexity index is 1950. The van der Waals surface area contributed by atoms with E-state index in [1.807, 2.05) is 0 Å². The fourth-order valence-corrected chi connectivity index (χ4v) is 10.9. The summed E-state index contributed by atoms with van der Waals surface area (Å²) in [4.78, 5) is 0. The number of imidazole rings is 2. The van der Waals surface area contributed by atoms with Crippen LogP contribution < -0.4 is 0 Å². The molecule has 1 aliphatic rings. The molecule has 29 heteroatoms. The molecule has 1 aliphatic heterocycles. The van der Waals surface area contributed by atoms with Crippen LogP contribution in [0.4, 0.5) is 79.0 Å². The zero-order valence-electron chi connectivity index (χ0n) is 31.4. The fraction of sp³-hybridized carbons (Fsp3) is 0.800. The first-order valence-electron chi connectivity index (χ1n) is 16.6. The van der Waals surface area contributed by atoms with Crippen molar-refractivity contribution in [2.45, 2.75) is 155 Å². The lowest BCUT2D eigenvalue weighted by Crippen LogP contribution is -2.61. The van der Waals surface area contributed by atoms with Gasteiger partial charge in [-0.05, 0) is 41.0 Å². The highest BCUT2D eigenvalue weighted by Gasteiger charge is 2.82. The summed E-state index contributed by atoms with van der Waals surface area (Å²) < 4.78 is 252. The number of thioether (sulfide) groups is 1. The third kappa shape index (κ3) is 10.2. The minimum absolute atomic E-state index is 0.0208. The standard InChI is InChI=1S/C30H35F18N5S6/c1-8-56-15-16(49(19(54)51(15)13-21(2,3)4)11-9-23(31,32)25(35,36)27(39,40)29(43,44)45)57-53-58-17-18(59-53)52(14-22(5,6)7)20(55)50(17)12-10-24(33,34)26(37,38)28(41,42)30(46,47)48/h8-14H2,1-7H3. The minimum atomic E-state index is -7.15. The Morgan fingerprint density at radius 3 is 1.22 bits per heavy atom. The van der Waals surface area contributed by atoms with Crippen LogP contribution in [0.1, 0.15) is 61.3 Å². The van der Waals surface area contributed by atoms with Gasteiger partial charge >= 0.3 is 47.9 Å². The summed E-state index contributed by atoms with van der Waals surface area (Å²) in [5, 5.41) is 0.0319. The van der Waals surface area contributed by atoms with Crippen molar-refractivity contribution in [3.8, 4) is 0 Å². The summed E-state index contributed by atoms with van der Waals surface area (Å²) in [6.45, 7) is 9.20. The highest BCUT2D eigenvalue weighted by molar-refractivity contribution is 8.27. The van der Waals surface area contributed by atoms with E-state index in [-0.39, 0.29) is 48.5 Å². The fourth-order valence-electron chi connectivity index (χ4n) is 5.17. The van der Waals surface area contributed by atoms with E-state index in [9.17, 15) is 79.0 Å². The van der Waals surface area contributed by atoms with Crippen molar-refractivity contribution in [3.05, 3.63) is 9.54 Å². The first-order chi connectivity index (χ1) is 26.1. The molecule has 0 aliphatic carbocycles. The van der Waals surface area contributed by atoms with Gasteiger partial charge in [-0.15, -0.1) is 14.9 Å². The Kier molecular flexibility index (Phi) is 14.9. The smallest absolute Gasteiger partial charge is 0.310 e. The number of fused-ring (bicyclic) bond motifs is 1. The Hall–Kier alpha value is -1.04. The van der Waals surface area contributed by atoms with Crippen LogP contribution in [0.3, 0.4) is 0 Å². The summed E-state index contributed by atoms with van der Waals surface area (Å²) in [5.74, 6) is -39.8. The molecule has 0 unspecified atom stereocenters. The van der Waals surface area contributed by atoms with Crippen LogP contribution in [-0.2, 0) is 26.2 Å². The molecule has 0 fully saturated rings. The molecule has 0 atom stereocenters. The molecule has 0 radical (unpaired) electrons. The zero-order chi connectivity index (χ0) is 46.1. The molecular formula is C30H35F18N5S6. The van der Waals surface area contributed by atoms with Crippen LogP contribution in [0.2, 0.25) is 0 Å². The molecule has 0 saturated heterocycles. The predicted octanol–water partition coefficient (Wildman–Crippen LogP) is 14.3. The molecule has 0 N–H and O–H groups in total. The third-order valence-electron chi connectivity index (χ3n) is 8.02. The monoisotopic (exact) mass is 999 g/mol. The first-order valence-corrected chi connectivity index (χ1v) is 20.8. The van der Waals surface area contributed by atoms with Gasteiger partial charge in [-0.2, -0.15) is 79.0 Å². The van der Waals surface area contributed by atoms with Crippen LogP contribution in [-0.4, -0.2) is 75.0 Å². The van der Waals surface area contributed by atoms with Gasteiger partial charge in [0.25, 0.3) is 0 Å². The van der Waals surface area contributed by atoms with E-state index in [0.29, 0.717) is 23.9 Å². The van der Waals surface area contributed by atoms with Crippen LogP contribution in [0.25, 0.3) is 0 Å². The van der Waals surface area contributed by atoms with Gasteiger partial charge in [0.1, 0.15) is 20.1 Å². The third-order valence-corrected chi connectivity index (χ3v) is 13.7. The number of aromatic nitrogens is 4. The van der Waals surface area contributed by atoms with Gasteiger partial charge in [0.15, 0.2) is 9.54 Å². The molecule has 0 bridgehead atoms. The maximum Gasteiger partial charge on any atom is 0.460 e. The second-order valence-corrected chi connectivity index (χ2v) is 21.0. The molecule has 2 aromatic rings. The number of hydrogen-bond donors (Lipinski definition) is 0. The second kappa shape index (κ2) is 16.8. The number of alkyl halides is 18. The highest BCUT2D eigenvalue weighted by atomic mass is 32.3. The molecule has 2 aromatic heterocycles. The molecule has 3 heterocycles. The summed E-state index contributed by atoms with van der Waals surface area (Å²) in [5.41, 5.74) is -1.30. The molecule has 0 amide bonds. The molecule has 5 nitrogen and oxygen atoms in total. The van der Waals surface area contributed by atoms with Gasteiger partial charge in [-0.3, -0.25) is 0 Å². The number of hydrogen-bond acceptors (Lipinski definition) is 7. The van der Waals surface area contributed by atoms with Gasteiger partial charge in [-0.25, -0.2) is 0 Å². The van der Waals surface area contributed by atoms with Crippen molar-refractivity contribution in [2.75, 3.05) is 5.75 Å². The Labute approximate surface area is 352 Å². The highest BCUT2D eigenvalue weighted by Crippen LogP contribution is 2.58. The number of rotatable bonds is 16. The Morgan fingerprint density at radius 1 is 0.492 bits per heavy atom. The van der Waals surface area contributed by atoms with Crippen molar-refractivity contribution in [2.24, 2.45) is 10.8 Å². The van der Waals surface area contributed by atoms with E-state index >= 15 is 0 Å². The molecule has 0 saturated carbocycles. The van der Waals surface area contributed by atoms with Crippen molar-refractivity contribution < 1.29 is 79.0 Å². The van der Waals surface area contributed by atoms with E-state index < -0.39 is 84.6 Å². The molecule has 59 heavy (non-hydrogen) atoms. The minimum Gasteiger partial charge on any atom is -0.310 e. The molecular weight excluding hydrogens is 965 g/mol. The maximum atomic E-state index is 14.8. The SMILES string of the molecule is CCSc1c(SN2Sc3c(n(CC(C)(C)C)c(=S)n3CCC(F)(F)C(F)(F)C(F)(F)C(F)(F)F)S2)n(CCC(F)(F)C(F)(F)C(F)(F)C(F)(F)F)c(=S)n1CC(C)(C)C. The lowest BCUT2D eigenvalue weighted by Gasteiger charge is -2.33. The van der Waals surface area contributed by atoms with Crippen LogP contribution in [0, 0.1) is 20.4 Å². The topological polar surface area (TPSA) is 23.0 Å². The summed E-state index contributed by atoms with van der Waals surface area (Å²) in [7, 11) is 0.